The SMILES string of the molecule is CC1(C)OB(O)c2ccc(CC(=O)[C@@H](CCc3ccc(C(F)(F)F)cc3)NC(=O)[C@@H](N)CCC(=O)NC(CN)CN)cc21. The number of aryl methyl sites for hydroxylation is 1. The molecule has 1 aliphatic heterocycles. The number of nitrogens with one attached hydrogen (secondary N) is 2. The van der Waals surface area contributed by atoms with Crippen LogP contribution in [0.5, 0.6) is 0 Å². The van der Waals surface area contributed by atoms with Gasteiger partial charge in [-0.05, 0) is 67.4 Å². The van der Waals surface area contributed by atoms with Gasteiger partial charge in [0.2, 0.25) is 11.8 Å². The molecule has 2 amide bonds. The molecular weight excluding hydrogens is 566 g/mol. The minimum absolute atomic E-state index is 0.00156. The summed E-state index contributed by atoms with van der Waals surface area (Å²) >= 11 is 0. The van der Waals surface area contributed by atoms with E-state index >= 15 is 0 Å². The van der Waals surface area contributed by atoms with Gasteiger partial charge in [-0.3, -0.25) is 14.4 Å². The molecule has 0 unspecified atom stereocenters. The molecule has 43 heavy (non-hydrogen) atoms. The van der Waals surface area contributed by atoms with Crippen LogP contribution in [0.15, 0.2) is 42.5 Å². The fraction of sp³-hybridized carbons (Fsp3) is 0.483. The van der Waals surface area contributed by atoms with E-state index in [0.717, 1.165) is 17.7 Å². The van der Waals surface area contributed by atoms with Gasteiger partial charge in [-0.15, -0.1) is 0 Å². The van der Waals surface area contributed by atoms with E-state index in [1.165, 1.54) is 12.1 Å². The summed E-state index contributed by atoms with van der Waals surface area (Å²) in [7, 11) is -1.08. The highest BCUT2D eigenvalue weighted by atomic mass is 19.4. The molecule has 14 heteroatoms. The number of alkyl halides is 3. The predicted molar refractivity (Wildman–Crippen MR) is 156 cm³/mol. The number of amides is 2. The molecule has 2 aromatic carbocycles. The Morgan fingerprint density at radius 2 is 1.63 bits per heavy atom. The number of carbonyl (C=O) groups excluding carboxylic acids is 3. The summed E-state index contributed by atoms with van der Waals surface area (Å²) in [6.07, 6.45) is -4.28. The Labute approximate surface area is 249 Å². The lowest BCUT2D eigenvalue weighted by Gasteiger charge is -2.22. The minimum Gasteiger partial charge on any atom is -0.423 e. The van der Waals surface area contributed by atoms with E-state index in [1.54, 1.807) is 32.0 Å². The van der Waals surface area contributed by atoms with E-state index < -0.39 is 48.5 Å². The first kappa shape index (κ1) is 34.2. The van der Waals surface area contributed by atoms with Crippen molar-refractivity contribution >= 4 is 30.2 Å². The Morgan fingerprint density at radius 3 is 2.23 bits per heavy atom. The maximum absolute atomic E-state index is 13.5. The molecule has 0 aromatic heterocycles. The second kappa shape index (κ2) is 14.5. The summed E-state index contributed by atoms with van der Waals surface area (Å²) in [5, 5.41) is 15.5. The first-order valence-corrected chi connectivity index (χ1v) is 14.1. The highest BCUT2D eigenvalue weighted by Gasteiger charge is 2.40. The van der Waals surface area contributed by atoms with Crippen molar-refractivity contribution in [2.75, 3.05) is 13.1 Å². The zero-order chi connectivity index (χ0) is 31.9. The quantitative estimate of drug-likeness (QED) is 0.167. The predicted octanol–water partition coefficient (Wildman–Crippen LogP) is 0.397. The number of nitrogens with two attached hydrogens (primary N) is 3. The summed E-state index contributed by atoms with van der Waals surface area (Å²) in [6, 6.07) is 7.26. The van der Waals surface area contributed by atoms with E-state index in [1.807, 2.05) is 0 Å². The Morgan fingerprint density at radius 1 is 1.00 bits per heavy atom. The van der Waals surface area contributed by atoms with Crippen molar-refractivity contribution in [2.45, 2.75) is 75.9 Å². The molecule has 0 saturated carbocycles. The van der Waals surface area contributed by atoms with Gasteiger partial charge in [0.1, 0.15) is 0 Å². The van der Waals surface area contributed by atoms with Crippen molar-refractivity contribution in [3.05, 3.63) is 64.7 Å². The van der Waals surface area contributed by atoms with Crippen LogP contribution in [-0.4, -0.2) is 61.0 Å². The van der Waals surface area contributed by atoms with Crippen LogP contribution in [0.25, 0.3) is 0 Å². The largest absolute Gasteiger partial charge is 0.492 e. The number of rotatable bonds is 14. The average Bonchev–Trinajstić information content (AvgIpc) is 3.18. The normalized spacial score (nSPS) is 15.6. The number of halogens is 3. The van der Waals surface area contributed by atoms with Gasteiger partial charge >= 0.3 is 13.3 Å². The molecule has 0 aliphatic carbocycles. The van der Waals surface area contributed by atoms with E-state index in [2.05, 4.69) is 10.6 Å². The number of fused-ring (bicyclic) bond motifs is 1. The maximum Gasteiger partial charge on any atom is 0.492 e. The lowest BCUT2D eigenvalue weighted by molar-refractivity contribution is -0.137. The third-order valence-electron chi connectivity index (χ3n) is 7.48. The molecule has 0 radical (unpaired) electrons. The summed E-state index contributed by atoms with van der Waals surface area (Å²) in [6.45, 7) is 3.92. The molecule has 1 heterocycles. The standard InChI is InChI=1S/C29H39BF3N5O5/c1-28(2)21-13-18(5-9-22(21)30(42)43-28)14-25(39)24(11-6-17-3-7-19(8-4-17)29(31,32)33)38-27(41)23(36)10-12-26(40)37-20(15-34)16-35/h3-5,7-9,13,20,23-24,42H,6,10-12,14-16,34-36H2,1-2H3,(H,37,40)(H,38,41)/t23-,24+/m0/s1. The topological polar surface area (TPSA) is 183 Å². The van der Waals surface area contributed by atoms with Crippen molar-refractivity contribution in [1.29, 1.82) is 0 Å². The zero-order valence-corrected chi connectivity index (χ0v) is 24.2. The lowest BCUT2D eigenvalue weighted by Crippen LogP contribution is -2.49. The zero-order valence-electron chi connectivity index (χ0n) is 24.2. The van der Waals surface area contributed by atoms with Gasteiger partial charge < -0.3 is 37.5 Å². The van der Waals surface area contributed by atoms with E-state index in [9.17, 15) is 32.6 Å². The molecule has 0 fully saturated rings. The van der Waals surface area contributed by atoms with Gasteiger partial charge in [-0.1, -0.05) is 30.3 Å². The van der Waals surface area contributed by atoms with E-state index in [-0.39, 0.29) is 56.9 Å². The molecule has 1 aliphatic rings. The van der Waals surface area contributed by atoms with Gasteiger partial charge in [-0.2, -0.15) is 13.2 Å². The lowest BCUT2D eigenvalue weighted by atomic mass is 9.77. The molecule has 3 rings (SSSR count). The summed E-state index contributed by atoms with van der Waals surface area (Å²) < 4.78 is 44.5. The Kier molecular flexibility index (Phi) is 11.5. The summed E-state index contributed by atoms with van der Waals surface area (Å²) in [5.41, 5.74) is 18.1. The van der Waals surface area contributed by atoms with Crippen LogP contribution in [0.4, 0.5) is 13.2 Å². The first-order valence-electron chi connectivity index (χ1n) is 14.1. The number of carbonyl (C=O) groups is 3. The number of benzene rings is 2. The average molecular weight is 605 g/mol. The van der Waals surface area contributed by atoms with Gasteiger partial charge in [0.15, 0.2) is 5.78 Å². The van der Waals surface area contributed by atoms with Crippen LogP contribution < -0.4 is 33.3 Å². The van der Waals surface area contributed by atoms with Gasteiger partial charge in [0.25, 0.3) is 0 Å². The maximum atomic E-state index is 13.5. The van der Waals surface area contributed by atoms with Crippen LogP contribution in [0, 0.1) is 0 Å². The fourth-order valence-corrected chi connectivity index (χ4v) is 4.88. The van der Waals surface area contributed by atoms with Gasteiger partial charge in [0, 0.05) is 25.9 Å². The molecule has 0 bridgehead atoms. The van der Waals surface area contributed by atoms with Crippen molar-refractivity contribution in [2.24, 2.45) is 17.2 Å². The molecule has 9 N–H and O–H groups in total. The minimum atomic E-state index is -4.47. The van der Waals surface area contributed by atoms with E-state index in [4.69, 9.17) is 21.9 Å². The molecule has 10 nitrogen and oxygen atoms in total. The van der Waals surface area contributed by atoms with Crippen LogP contribution in [0.1, 0.15) is 55.4 Å². The summed E-state index contributed by atoms with van der Waals surface area (Å²) in [4.78, 5) is 38.6. The third-order valence-corrected chi connectivity index (χ3v) is 7.48. The Bertz CT molecular complexity index is 1290. The molecule has 2 aromatic rings. The molecule has 2 atom stereocenters. The Balaban J connectivity index is 1.71. The van der Waals surface area contributed by atoms with E-state index in [0.29, 0.717) is 16.6 Å². The number of ketones is 1. The second-order valence-electron chi connectivity index (χ2n) is 11.2. The number of hydrogen-bond donors (Lipinski definition) is 6. The van der Waals surface area contributed by atoms with Crippen molar-refractivity contribution < 1.29 is 37.2 Å². The smallest absolute Gasteiger partial charge is 0.423 e. The molecule has 0 spiro atoms. The van der Waals surface area contributed by atoms with Gasteiger partial charge in [-0.25, -0.2) is 0 Å². The number of Topliss-reactive ketones (excluding diaryl/α,β-unsaturated/α-hetero) is 1. The molecular formula is C29H39BF3N5O5. The van der Waals surface area contributed by atoms with Crippen molar-refractivity contribution in [3.8, 4) is 0 Å². The van der Waals surface area contributed by atoms with Crippen LogP contribution in [-0.2, 0) is 43.7 Å². The third kappa shape index (κ3) is 9.34. The Hall–Kier alpha value is -3.30. The number of hydrogen-bond acceptors (Lipinski definition) is 8. The monoisotopic (exact) mass is 605 g/mol. The second-order valence-corrected chi connectivity index (χ2v) is 11.2. The van der Waals surface area contributed by atoms with Crippen LogP contribution in [0.3, 0.4) is 0 Å². The fourth-order valence-electron chi connectivity index (χ4n) is 4.88. The molecule has 234 valence electrons. The van der Waals surface area contributed by atoms with Crippen LogP contribution >= 0.6 is 0 Å². The first-order chi connectivity index (χ1) is 20.1. The summed E-state index contributed by atoms with van der Waals surface area (Å²) in [5.74, 6) is -1.34. The molecule has 0 saturated heterocycles. The van der Waals surface area contributed by atoms with Crippen molar-refractivity contribution in [3.63, 3.8) is 0 Å². The highest BCUT2D eigenvalue weighted by Crippen LogP contribution is 2.31. The van der Waals surface area contributed by atoms with Crippen LogP contribution in [0.2, 0.25) is 0 Å². The highest BCUT2D eigenvalue weighted by molar-refractivity contribution is 6.61. The van der Waals surface area contributed by atoms with Gasteiger partial charge in [0.05, 0.1) is 29.3 Å². The van der Waals surface area contributed by atoms with Crippen molar-refractivity contribution in [1.82, 2.24) is 10.6 Å².